The van der Waals surface area contributed by atoms with Crippen molar-refractivity contribution in [2.45, 2.75) is 70.3 Å². The van der Waals surface area contributed by atoms with Gasteiger partial charge < -0.3 is 42.0 Å². The molecule has 0 fully saturated rings. The number of hydrogen-bond donors (Lipinski definition) is 8. The normalized spacial score (nSPS) is 14.9. The molecule has 42 heavy (non-hydrogen) atoms. The van der Waals surface area contributed by atoms with Gasteiger partial charge in [0, 0.05) is 29.9 Å². The Balaban J connectivity index is 1.81. The summed E-state index contributed by atoms with van der Waals surface area (Å²) in [5, 5.41) is 38.2. The second kappa shape index (κ2) is 14.5. The van der Waals surface area contributed by atoms with Gasteiger partial charge in [-0.25, -0.2) is 4.79 Å². The van der Waals surface area contributed by atoms with E-state index >= 15 is 0 Å². The molecule has 12 nitrogen and oxygen atoms in total. The third kappa shape index (κ3) is 8.79. The zero-order valence-corrected chi connectivity index (χ0v) is 23.8. The maximum atomic E-state index is 13.5. The molecule has 1 heterocycles. The molecular formula is C30H39N5O7. The minimum atomic E-state index is -1.42. The van der Waals surface area contributed by atoms with Crippen molar-refractivity contribution in [3.8, 4) is 5.75 Å². The van der Waals surface area contributed by atoms with Crippen molar-refractivity contribution in [3.05, 3.63) is 65.9 Å². The molecule has 5 unspecified atom stereocenters. The number of rotatable bonds is 14. The number of hydrogen-bond acceptors (Lipinski definition) is 7. The molecule has 3 rings (SSSR count). The Morgan fingerprint density at radius 3 is 2.12 bits per heavy atom. The number of para-hydroxylation sites is 1. The van der Waals surface area contributed by atoms with Crippen LogP contribution in [-0.4, -0.2) is 74.3 Å². The molecule has 0 spiro atoms. The Kier molecular flexibility index (Phi) is 11.1. The number of phenols is 1. The number of fused-ring (bicyclic) bond motifs is 1. The van der Waals surface area contributed by atoms with Gasteiger partial charge in [-0.2, -0.15) is 0 Å². The quantitative estimate of drug-likeness (QED) is 0.137. The number of carbonyl (C=O) groups excluding carboxylic acids is 3. The van der Waals surface area contributed by atoms with Crippen molar-refractivity contribution < 1.29 is 34.5 Å². The van der Waals surface area contributed by atoms with Crippen molar-refractivity contribution in [1.29, 1.82) is 0 Å². The standard InChI is InChI=1S/C30H39N5O7/c1-16(2)12-22(31)27(38)35-26(17(3)36)29(40)33-24(13-18-8-10-20(37)11-9-18)28(39)34-25(30(41)42)14-19-15-32-23-7-5-4-6-21(19)23/h4-11,15-17,22,24-26,32,36-37H,12-14,31H2,1-3H3,(H,33,40)(H,34,39)(H,35,38)(H,41,42). The van der Waals surface area contributed by atoms with Crippen molar-refractivity contribution in [2.75, 3.05) is 0 Å². The molecule has 9 N–H and O–H groups in total. The van der Waals surface area contributed by atoms with Crippen molar-refractivity contribution >= 4 is 34.6 Å². The lowest BCUT2D eigenvalue weighted by atomic mass is 10.0. The van der Waals surface area contributed by atoms with Gasteiger partial charge in [0.1, 0.15) is 23.9 Å². The van der Waals surface area contributed by atoms with Crippen LogP contribution in [0.4, 0.5) is 0 Å². The number of aromatic hydroxyl groups is 1. The topological polar surface area (TPSA) is 207 Å². The highest BCUT2D eigenvalue weighted by Gasteiger charge is 2.33. The number of aromatic nitrogens is 1. The largest absolute Gasteiger partial charge is 0.508 e. The van der Waals surface area contributed by atoms with Gasteiger partial charge >= 0.3 is 5.97 Å². The molecule has 3 aromatic rings. The summed E-state index contributed by atoms with van der Waals surface area (Å²) in [5.74, 6) is -3.41. The third-order valence-electron chi connectivity index (χ3n) is 6.85. The van der Waals surface area contributed by atoms with Crippen LogP contribution in [-0.2, 0) is 32.0 Å². The van der Waals surface area contributed by atoms with Crippen LogP contribution in [0.15, 0.2) is 54.7 Å². The SMILES string of the molecule is CC(C)CC(N)C(=O)NC(C(=O)NC(Cc1ccc(O)cc1)C(=O)NC(Cc1c[nH]c2ccccc12)C(=O)O)C(C)O. The average molecular weight is 582 g/mol. The molecule has 1 aromatic heterocycles. The van der Waals surface area contributed by atoms with Gasteiger partial charge in [-0.05, 0) is 48.6 Å². The Labute approximate surface area is 243 Å². The summed E-state index contributed by atoms with van der Waals surface area (Å²) in [6.45, 7) is 5.10. The van der Waals surface area contributed by atoms with E-state index in [0.717, 1.165) is 10.9 Å². The third-order valence-corrected chi connectivity index (χ3v) is 6.85. The van der Waals surface area contributed by atoms with Crippen molar-refractivity contribution in [2.24, 2.45) is 11.7 Å². The first kappa shape index (κ1) is 32.1. The summed E-state index contributed by atoms with van der Waals surface area (Å²) < 4.78 is 0. The van der Waals surface area contributed by atoms with E-state index in [1.165, 1.54) is 19.1 Å². The number of nitrogens with one attached hydrogen (secondary N) is 4. The number of benzene rings is 2. The first-order chi connectivity index (χ1) is 19.8. The monoisotopic (exact) mass is 581 g/mol. The van der Waals surface area contributed by atoms with Crippen LogP contribution in [0.5, 0.6) is 5.75 Å². The van der Waals surface area contributed by atoms with E-state index in [4.69, 9.17) is 5.73 Å². The van der Waals surface area contributed by atoms with Crippen molar-refractivity contribution in [3.63, 3.8) is 0 Å². The van der Waals surface area contributed by atoms with Crippen LogP contribution in [0.2, 0.25) is 0 Å². The maximum Gasteiger partial charge on any atom is 0.326 e. The predicted octanol–water partition coefficient (Wildman–Crippen LogP) is 0.952. The molecule has 0 saturated carbocycles. The number of carbonyl (C=O) groups is 4. The minimum Gasteiger partial charge on any atom is -0.508 e. The maximum absolute atomic E-state index is 13.5. The molecule has 12 heteroatoms. The Morgan fingerprint density at radius 2 is 1.50 bits per heavy atom. The number of aliphatic carboxylic acids is 1. The number of aliphatic hydroxyl groups excluding tert-OH is 1. The molecule has 226 valence electrons. The first-order valence-corrected chi connectivity index (χ1v) is 13.8. The molecule has 0 aliphatic rings. The van der Waals surface area contributed by atoms with Crippen LogP contribution in [0, 0.1) is 5.92 Å². The molecule has 0 saturated heterocycles. The number of aliphatic hydroxyl groups is 1. The second-order valence-corrected chi connectivity index (χ2v) is 10.9. The predicted molar refractivity (Wildman–Crippen MR) is 156 cm³/mol. The molecule has 0 aliphatic carbocycles. The van der Waals surface area contributed by atoms with E-state index in [-0.39, 0.29) is 24.5 Å². The molecule has 0 radical (unpaired) electrons. The van der Waals surface area contributed by atoms with Crippen LogP contribution in [0.3, 0.4) is 0 Å². The van der Waals surface area contributed by atoms with E-state index in [2.05, 4.69) is 20.9 Å². The lowest BCUT2D eigenvalue weighted by Gasteiger charge is -2.27. The summed E-state index contributed by atoms with van der Waals surface area (Å²) in [4.78, 5) is 54.6. The Bertz CT molecular complexity index is 1390. The number of aromatic amines is 1. The number of H-pyrrole nitrogens is 1. The van der Waals surface area contributed by atoms with Gasteiger partial charge in [-0.1, -0.05) is 44.2 Å². The summed E-state index contributed by atoms with van der Waals surface area (Å²) in [7, 11) is 0. The smallest absolute Gasteiger partial charge is 0.326 e. The highest BCUT2D eigenvalue weighted by Crippen LogP contribution is 2.19. The van der Waals surface area contributed by atoms with E-state index in [0.29, 0.717) is 17.5 Å². The van der Waals surface area contributed by atoms with Crippen LogP contribution < -0.4 is 21.7 Å². The first-order valence-electron chi connectivity index (χ1n) is 13.8. The number of amides is 3. The minimum absolute atomic E-state index is 0.00285. The molecule has 5 atom stereocenters. The summed E-state index contributed by atoms with van der Waals surface area (Å²) in [6, 6.07) is 8.37. The summed E-state index contributed by atoms with van der Waals surface area (Å²) in [5.41, 5.74) is 8.01. The molecule has 0 bridgehead atoms. The molecule has 0 aliphatic heterocycles. The van der Waals surface area contributed by atoms with Crippen molar-refractivity contribution in [1.82, 2.24) is 20.9 Å². The fraction of sp³-hybridized carbons (Fsp3) is 0.400. The van der Waals surface area contributed by atoms with E-state index in [1.54, 1.807) is 18.3 Å². The van der Waals surface area contributed by atoms with Gasteiger partial charge in [0.2, 0.25) is 17.7 Å². The average Bonchev–Trinajstić information content (AvgIpc) is 3.33. The zero-order chi connectivity index (χ0) is 31.0. The second-order valence-electron chi connectivity index (χ2n) is 10.9. The number of carboxylic acids is 1. The fourth-order valence-corrected chi connectivity index (χ4v) is 4.61. The fourth-order valence-electron chi connectivity index (χ4n) is 4.61. The molecular weight excluding hydrogens is 542 g/mol. The van der Waals surface area contributed by atoms with Crippen LogP contribution >= 0.6 is 0 Å². The Hall–Kier alpha value is -4.42. The highest BCUT2D eigenvalue weighted by atomic mass is 16.4. The van der Waals surface area contributed by atoms with Crippen LogP contribution in [0.1, 0.15) is 38.3 Å². The Morgan fingerprint density at radius 1 is 0.857 bits per heavy atom. The summed E-state index contributed by atoms with van der Waals surface area (Å²) >= 11 is 0. The highest BCUT2D eigenvalue weighted by molar-refractivity contribution is 5.94. The molecule has 2 aromatic carbocycles. The number of carboxylic acid groups (broad SMARTS) is 1. The lowest BCUT2D eigenvalue weighted by Crippen LogP contribution is -2.60. The van der Waals surface area contributed by atoms with Gasteiger partial charge in [0.05, 0.1) is 12.1 Å². The van der Waals surface area contributed by atoms with Crippen LogP contribution in [0.25, 0.3) is 10.9 Å². The number of nitrogens with two attached hydrogens (primary N) is 1. The van der Waals surface area contributed by atoms with Gasteiger partial charge in [-0.15, -0.1) is 0 Å². The zero-order valence-electron chi connectivity index (χ0n) is 23.8. The number of phenolic OH excluding ortho intramolecular Hbond substituents is 1. The van der Waals surface area contributed by atoms with Gasteiger partial charge in [-0.3, -0.25) is 14.4 Å². The molecule has 3 amide bonds. The lowest BCUT2D eigenvalue weighted by molar-refractivity contribution is -0.142. The van der Waals surface area contributed by atoms with E-state index in [9.17, 15) is 34.5 Å². The van der Waals surface area contributed by atoms with E-state index < -0.39 is 54.0 Å². The van der Waals surface area contributed by atoms with Gasteiger partial charge in [0.25, 0.3) is 0 Å². The van der Waals surface area contributed by atoms with Gasteiger partial charge in [0.15, 0.2) is 0 Å². The summed E-state index contributed by atoms with van der Waals surface area (Å²) in [6.07, 6.45) is 0.628. The van der Waals surface area contributed by atoms with E-state index in [1.807, 2.05) is 38.1 Å².